The number of nitrogens with one attached hydrogen (secondary N) is 1. The zero-order valence-corrected chi connectivity index (χ0v) is 13.4. The van der Waals surface area contributed by atoms with E-state index in [1.807, 2.05) is 32.9 Å². The molecule has 1 heterocycles. The summed E-state index contributed by atoms with van der Waals surface area (Å²) in [6.45, 7) is 6.35. The van der Waals surface area contributed by atoms with Gasteiger partial charge in [-0.25, -0.2) is 0 Å². The minimum Gasteiger partial charge on any atom is -0.396 e. The maximum absolute atomic E-state index is 12.3. The molecule has 22 heavy (non-hydrogen) atoms. The summed E-state index contributed by atoms with van der Waals surface area (Å²) in [6.07, 6.45) is 1.27. The Labute approximate surface area is 131 Å². The number of rotatable bonds is 5. The fourth-order valence-electron chi connectivity index (χ4n) is 2.58. The van der Waals surface area contributed by atoms with Crippen molar-refractivity contribution in [2.75, 3.05) is 18.1 Å². The number of nitrogens with zero attached hydrogens (tertiary/aromatic N) is 1. The summed E-state index contributed by atoms with van der Waals surface area (Å²) in [5.41, 5.74) is 2.55. The normalized spacial score (nSPS) is 16.1. The quantitative estimate of drug-likeness (QED) is 0.870. The Bertz CT molecular complexity index is 571. The third-order valence-electron chi connectivity index (χ3n) is 4.34. The largest absolute Gasteiger partial charge is 0.396 e. The van der Waals surface area contributed by atoms with Gasteiger partial charge in [0.1, 0.15) is 0 Å². The SMILES string of the molecule is CCC(=O)N1CCc2cc(C(=O)NC(C)C(C)CO)ccc21. The van der Waals surface area contributed by atoms with Crippen LogP contribution in [0.2, 0.25) is 0 Å². The van der Waals surface area contributed by atoms with Gasteiger partial charge in [-0.2, -0.15) is 0 Å². The number of carbonyl (C=O) groups is 2. The number of hydrogen-bond donors (Lipinski definition) is 2. The molecule has 0 aromatic heterocycles. The van der Waals surface area contributed by atoms with E-state index >= 15 is 0 Å². The molecule has 120 valence electrons. The van der Waals surface area contributed by atoms with Crippen molar-refractivity contribution in [1.29, 1.82) is 0 Å². The van der Waals surface area contributed by atoms with Crippen LogP contribution < -0.4 is 10.2 Å². The zero-order valence-electron chi connectivity index (χ0n) is 13.4. The van der Waals surface area contributed by atoms with Crippen molar-refractivity contribution in [2.24, 2.45) is 5.92 Å². The molecule has 0 saturated carbocycles. The van der Waals surface area contributed by atoms with Gasteiger partial charge in [-0.3, -0.25) is 9.59 Å². The van der Waals surface area contributed by atoms with E-state index in [1.165, 1.54) is 0 Å². The van der Waals surface area contributed by atoms with E-state index in [-0.39, 0.29) is 30.4 Å². The van der Waals surface area contributed by atoms with Crippen LogP contribution in [0.3, 0.4) is 0 Å². The first-order chi connectivity index (χ1) is 10.5. The Morgan fingerprint density at radius 3 is 2.73 bits per heavy atom. The van der Waals surface area contributed by atoms with Gasteiger partial charge in [0, 0.05) is 36.9 Å². The summed E-state index contributed by atoms with van der Waals surface area (Å²) in [6, 6.07) is 5.38. The molecule has 1 aliphatic rings. The summed E-state index contributed by atoms with van der Waals surface area (Å²) < 4.78 is 0. The van der Waals surface area contributed by atoms with Gasteiger partial charge >= 0.3 is 0 Å². The number of anilines is 1. The molecule has 5 nitrogen and oxygen atoms in total. The van der Waals surface area contributed by atoms with Crippen LogP contribution in [0, 0.1) is 5.92 Å². The number of benzene rings is 1. The predicted molar refractivity (Wildman–Crippen MR) is 86.0 cm³/mol. The van der Waals surface area contributed by atoms with Crippen molar-refractivity contribution in [2.45, 2.75) is 39.7 Å². The standard InChI is InChI=1S/C17H24N2O3/c1-4-16(21)19-8-7-13-9-14(5-6-15(13)19)17(22)18-12(3)11(2)10-20/h5-6,9,11-12,20H,4,7-8,10H2,1-3H3,(H,18,22). The first kappa shape index (κ1) is 16.5. The third kappa shape index (κ3) is 3.30. The van der Waals surface area contributed by atoms with Gasteiger partial charge in [-0.05, 0) is 43.0 Å². The Morgan fingerprint density at radius 1 is 1.36 bits per heavy atom. The summed E-state index contributed by atoms with van der Waals surface area (Å²) >= 11 is 0. The number of carbonyl (C=O) groups excluding carboxylic acids is 2. The van der Waals surface area contributed by atoms with Crippen molar-refractivity contribution >= 4 is 17.5 Å². The predicted octanol–water partition coefficient (Wildman–Crippen LogP) is 1.73. The molecule has 2 amide bonds. The maximum atomic E-state index is 12.3. The second-order valence-corrected chi connectivity index (χ2v) is 5.91. The van der Waals surface area contributed by atoms with Crippen LogP contribution in [0.25, 0.3) is 0 Å². The lowest BCUT2D eigenvalue weighted by Crippen LogP contribution is -2.38. The van der Waals surface area contributed by atoms with Crippen LogP contribution in [0.1, 0.15) is 43.1 Å². The molecule has 1 aromatic rings. The Morgan fingerprint density at radius 2 is 2.09 bits per heavy atom. The first-order valence-electron chi connectivity index (χ1n) is 7.83. The fourth-order valence-corrected chi connectivity index (χ4v) is 2.58. The number of amides is 2. The first-order valence-corrected chi connectivity index (χ1v) is 7.83. The molecule has 1 aliphatic heterocycles. The van der Waals surface area contributed by atoms with E-state index in [9.17, 15) is 9.59 Å². The second-order valence-electron chi connectivity index (χ2n) is 5.91. The van der Waals surface area contributed by atoms with E-state index in [0.29, 0.717) is 18.5 Å². The Hall–Kier alpha value is -1.88. The Balaban J connectivity index is 2.12. The number of aliphatic hydroxyl groups excluding tert-OH is 1. The molecular weight excluding hydrogens is 280 g/mol. The van der Waals surface area contributed by atoms with Crippen molar-refractivity contribution in [1.82, 2.24) is 5.32 Å². The molecule has 5 heteroatoms. The molecule has 0 saturated heterocycles. The van der Waals surface area contributed by atoms with Gasteiger partial charge in [0.2, 0.25) is 5.91 Å². The maximum Gasteiger partial charge on any atom is 0.251 e. The highest BCUT2D eigenvalue weighted by atomic mass is 16.3. The van der Waals surface area contributed by atoms with Gasteiger partial charge in [0.25, 0.3) is 5.91 Å². The lowest BCUT2D eigenvalue weighted by molar-refractivity contribution is -0.118. The van der Waals surface area contributed by atoms with Crippen LogP contribution in [-0.2, 0) is 11.2 Å². The van der Waals surface area contributed by atoms with E-state index < -0.39 is 0 Å². The van der Waals surface area contributed by atoms with Crippen LogP contribution in [0.5, 0.6) is 0 Å². The minimum absolute atomic E-state index is 0.0102. The third-order valence-corrected chi connectivity index (χ3v) is 4.34. The average Bonchev–Trinajstić information content (AvgIpc) is 2.96. The highest BCUT2D eigenvalue weighted by Crippen LogP contribution is 2.29. The molecule has 0 aliphatic carbocycles. The van der Waals surface area contributed by atoms with E-state index in [0.717, 1.165) is 17.7 Å². The molecule has 2 atom stereocenters. The van der Waals surface area contributed by atoms with Gasteiger partial charge in [0.05, 0.1) is 0 Å². The van der Waals surface area contributed by atoms with Gasteiger partial charge in [-0.15, -0.1) is 0 Å². The smallest absolute Gasteiger partial charge is 0.251 e. The number of hydrogen-bond acceptors (Lipinski definition) is 3. The molecular formula is C17H24N2O3. The van der Waals surface area contributed by atoms with Gasteiger partial charge in [0.15, 0.2) is 0 Å². The zero-order chi connectivity index (χ0) is 16.3. The average molecular weight is 304 g/mol. The molecule has 0 fully saturated rings. The molecule has 0 radical (unpaired) electrons. The molecule has 2 N–H and O–H groups in total. The lowest BCUT2D eigenvalue weighted by Gasteiger charge is -2.20. The fraction of sp³-hybridized carbons (Fsp3) is 0.529. The summed E-state index contributed by atoms with van der Waals surface area (Å²) in [7, 11) is 0. The van der Waals surface area contributed by atoms with E-state index in [1.54, 1.807) is 11.0 Å². The topological polar surface area (TPSA) is 69.6 Å². The minimum atomic E-state index is -0.143. The van der Waals surface area contributed by atoms with Crippen LogP contribution in [0.4, 0.5) is 5.69 Å². The summed E-state index contributed by atoms with van der Waals surface area (Å²) in [5, 5.41) is 12.0. The van der Waals surface area contributed by atoms with Crippen LogP contribution >= 0.6 is 0 Å². The van der Waals surface area contributed by atoms with Crippen molar-refractivity contribution in [3.05, 3.63) is 29.3 Å². The van der Waals surface area contributed by atoms with Gasteiger partial charge in [-0.1, -0.05) is 13.8 Å². The van der Waals surface area contributed by atoms with Gasteiger partial charge < -0.3 is 15.3 Å². The molecule has 0 spiro atoms. The van der Waals surface area contributed by atoms with Crippen LogP contribution in [-0.4, -0.2) is 36.1 Å². The molecule has 2 rings (SSSR count). The van der Waals surface area contributed by atoms with Crippen molar-refractivity contribution in [3.63, 3.8) is 0 Å². The second kappa shape index (κ2) is 6.92. The van der Waals surface area contributed by atoms with Crippen molar-refractivity contribution in [3.8, 4) is 0 Å². The molecule has 1 aromatic carbocycles. The highest BCUT2D eigenvalue weighted by molar-refractivity contribution is 5.98. The highest BCUT2D eigenvalue weighted by Gasteiger charge is 2.24. The van der Waals surface area contributed by atoms with E-state index in [2.05, 4.69) is 5.32 Å². The summed E-state index contributed by atoms with van der Waals surface area (Å²) in [4.78, 5) is 25.9. The Kier molecular flexibility index (Phi) is 5.19. The number of aliphatic hydroxyl groups is 1. The molecule has 2 unspecified atom stereocenters. The summed E-state index contributed by atoms with van der Waals surface area (Å²) in [5.74, 6) is -0.0201. The molecule has 0 bridgehead atoms. The monoisotopic (exact) mass is 304 g/mol. The van der Waals surface area contributed by atoms with E-state index in [4.69, 9.17) is 5.11 Å². The van der Waals surface area contributed by atoms with Crippen LogP contribution in [0.15, 0.2) is 18.2 Å². The van der Waals surface area contributed by atoms with Crippen molar-refractivity contribution < 1.29 is 14.7 Å². The lowest BCUT2D eigenvalue weighted by atomic mass is 10.0. The number of fused-ring (bicyclic) bond motifs is 1.